The molecule has 0 aliphatic carbocycles. The molecule has 15 heavy (non-hydrogen) atoms. The molecule has 0 amide bonds. The minimum absolute atomic E-state index is 0.387. The summed E-state index contributed by atoms with van der Waals surface area (Å²) < 4.78 is 5.18. The summed E-state index contributed by atoms with van der Waals surface area (Å²) in [5, 5.41) is 1.71. The Kier molecular flexibility index (Phi) is 2.59. The van der Waals surface area contributed by atoms with Gasteiger partial charge in [0, 0.05) is 11.5 Å². The maximum absolute atomic E-state index is 5.91. The number of methoxy groups -OCH3 is 1. The van der Waals surface area contributed by atoms with Crippen LogP contribution in [-0.4, -0.2) is 12.1 Å². The van der Waals surface area contributed by atoms with Crippen LogP contribution in [0.15, 0.2) is 18.2 Å². The normalized spacial score (nSPS) is 10.6. The number of hydrogen-bond donors (Lipinski definition) is 1. The summed E-state index contributed by atoms with van der Waals surface area (Å²) in [4.78, 5) is 4.14. The summed E-state index contributed by atoms with van der Waals surface area (Å²) in [5.41, 5.74) is 6.29. The highest BCUT2D eigenvalue weighted by molar-refractivity contribution is 6.42. The lowest BCUT2D eigenvalue weighted by Crippen LogP contribution is -1.94. The molecule has 0 radical (unpaired) electrons. The van der Waals surface area contributed by atoms with Crippen LogP contribution >= 0.6 is 23.2 Å². The van der Waals surface area contributed by atoms with Gasteiger partial charge in [-0.15, -0.1) is 0 Å². The quantitative estimate of drug-likeness (QED) is 0.836. The molecule has 2 rings (SSSR count). The third-order valence-electron chi connectivity index (χ3n) is 2.05. The maximum Gasteiger partial charge on any atom is 0.131 e. The molecule has 0 aliphatic heterocycles. The van der Waals surface area contributed by atoms with Crippen molar-refractivity contribution in [1.29, 1.82) is 0 Å². The predicted octanol–water partition coefficient (Wildman–Crippen LogP) is 3.13. The fourth-order valence-corrected chi connectivity index (χ4v) is 1.70. The first-order valence-corrected chi connectivity index (χ1v) is 4.96. The molecule has 5 heteroatoms. The molecule has 3 nitrogen and oxygen atoms in total. The van der Waals surface area contributed by atoms with Crippen LogP contribution in [0.3, 0.4) is 0 Å². The molecule has 2 N–H and O–H groups in total. The second-order valence-corrected chi connectivity index (χ2v) is 3.85. The van der Waals surface area contributed by atoms with E-state index in [1.165, 1.54) is 0 Å². The van der Waals surface area contributed by atoms with Gasteiger partial charge in [0.2, 0.25) is 0 Å². The van der Waals surface area contributed by atoms with E-state index in [0.717, 1.165) is 5.39 Å². The maximum atomic E-state index is 5.91. The molecular weight excluding hydrogens is 235 g/mol. The van der Waals surface area contributed by atoms with E-state index in [1.54, 1.807) is 25.3 Å². The van der Waals surface area contributed by atoms with Gasteiger partial charge in [-0.25, -0.2) is 4.98 Å². The van der Waals surface area contributed by atoms with Crippen LogP contribution in [0.5, 0.6) is 5.75 Å². The van der Waals surface area contributed by atoms with Crippen LogP contribution in [0, 0.1) is 0 Å². The Hall–Kier alpha value is -1.19. The van der Waals surface area contributed by atoms with Crippen molar-refractivity contribution < 1.29 is 4.74 Å². The van der Waals surface area contributed by atoms with Gasteiger partial charge in [0.15, 0.2) is 0 Å². The van der Waals surface area contributed by atoms with Gasteiger partial charge in [0.1, 0.15) is 11.6 Å². The number of fused-ring (bicyclic) bond motifs is 1. The number of pyridine rings is 1. The summed E-state index contributed by atoms with van der Waals surface area (Å²) >= 11 is 11.8. The van der Waals surface area contributed by atoms with Crippen molar-refractivity contribution in [3.63, 3.8) is 0 Å². The van der Waals surface area contributed by atoms with Crippen molar-refractivity contribution in [3.8, 4) is 5.75 Å². The third-order valence-corrected chi connectivity index (χ3v) is 2.77. The molecule has 1 aromatic carbocycles. The van der Waals surface area contributed by atoms with E-state index >= 15 is 0 Å². The highest BCUT2D eigenvalue weighted by Gasteiger charge is 2.08. The van der Waals surface area contributed by atoms with E-state index in [0.29, 0.717) is 27.1 Å². The Labute approximate surface area is 96.8 Å². The first-order chi connectivity index (χ1) is 7.11. The van der Waals surface area contributed by atoms with Gasteiger partial charge < -0.3 is 10.5 Å². The molecule has 0 aliphatic rings. The number of rotatable bonds is 1. The zero-order valence-electron chi connectivity index (χ0n) is 7.92. The molecule has 78 valence electrons. The smallest absolute Gasteiger partial charge is 0.131 e. The average Bonchev–Trinajstić information content (AvgIpc) is 2.19. The van der Waals surface area contributed by atoms with Crippen LogP contribution < -0.4 is 10.5 Å². The molecular formula is C10H8Cl2N2O. The number of nitrogens with two attached hydrogens (primary N) is 1. The van der Waals surface area contributed by atoms with Crippen LogP contribution in [0.2, 0.25) is 10.0 Å². The number of benzene rings is 1. The van der Waals surface area contributed by atoms with E-state index in [-0.39, 0.29) is 0 Å². The van der Waals surface area contributed by atoms with E-state index in [2.05, 4.69) is 4.98 Å². The Morgan fingerprint density at radius 3 is 2.53 bits per heavy atom. The molecule has 1 heterocycles. The van der Waals surface area contributed by atoms with Gasteiger partial charge in [-0.3, -0.25) is 0 Å². The number of nitrogens with zero attached hydrogens (tertiary/aromatic N) is 1. The number of aromatic nitrogens is 1. The van der Waals surface area contributed by atoms with E-state index in [1.807, 2.05) is 0 Å². The highest BCUT2D eigenvalue weighted by atomic mass is 35.5. The Morgan fingerprint density at radius 1 is 1.20 bits per heavy atom. The molecule has 0 saturated carbocycles. The van der Waals surface area contributed by atoms with Crippen molar-refractivity contribution >= 4 is 39.9 Å². The van der Waals surface area contributed by atoms with Crippen LogP contribution in [-0.2, 0) is 0 Å². The van der Waals surface area contributed by atoms with E-state index in [9.17, 15) is 0 Å². The van der Waals surface area contributed by atoms with Crippen LogP contribution in [0.4, 0.5) is 5.82 Å². The molecule has 0 atom stereocenters. The third kappa shape index (κ3) is 1.80. The minimum atomic E-state index is 0.387. The lowest BCUT2D eigenvalue weighted by Gasteiger charge is -2.07. The zero-order chi connectivity index (χ0) is 11.0. The van der Waals surface area contributed by atoms with Crippen molar-refractivity contribution in [1.82, 2.24) is 4.98 Å². The molecule has 2 aromatic rings. The lowest BCUT2D eigenvalue weighted by molar-refractivity contribution is 0.420. The molecule has 1 aromatic heterocycles. The van der Waals surface area contributed by atoms with Crippen molar-refractivity contribution in [2.45, 2.75) is 0 Å². The monoisotopic (exact) mass is 242 g/mol. The molecule has 0 bridgehead atoms. The summed E-state index contributed by atoms with van der Waals surface area (Å²) in [5.74, 6) is 1.02. The zero-order valence-corrected chi connectivity index (χ0v) is 9.43. The van der Waals surface area contributed by atoms with Crippen molar-refractivity contribution in [2.24, 2.45) is 0 Å². The Bertz CT molecular complexity index is 528. The largest absolute Gasteiger partial charge is 0.496 e. The first-order valence-electron chi connectivity index (χ1n) is 4.21. The SMILES string of the molecule is COc1cc(N)nc2cc(Cl)c(Cl)cc12. The molecule has 0 spiro atoms. The summed E-state index contributed by atoms with van der Waals surface area (Å²) in [7, 11) is 1.57. The van der Waals surface area contributed by atoms with Gasteiger partial charge in [-0.05, 0) is 12.1 Å². The highest BCUT2D eigenvalue weighted by Crippen LogP contribution is 2.32. The van der Waals surface area contributed by atoms with Gasteiger partial charge in [-0.1, -0.05) is 23.2 Å². The number of hydrogen-bond acceptors (Lipinski definition) is 3. The average molecular weight is 243 g/mol. The number of ether oxygens (including phenoxy) is 1. The fraction of sp³-hybridized carbons (Fsp3) is 0.100. The summed E-state index contributed by atoms with van der Waals surface area (Å²) in [6.45, 7) is 0. The minimum Gasteiger partial charge on any atom is -0.496 e. The summed E-state index contributed by atoms with van der Waals surface area (Å²) in [6.07, 6.45) is 0. The molecule has 0 unspecified atom stereocenters. The van der Waals surface area contributed by atoms with Crippen LogP contribution in [0.25, 0.3) is 10.9 Å². The number of anilines is 1. The van der Waals surface area contributed by atoms with Gasteiger partial charge in [0.25, 0.3) is 0 Å². The fourth-order valence-electron chi connectivity index (χ4n) is 1.38. The topological polar surface area (TPSA) is 48.1 Å². The van der Waals surface area contributed by atoms with Crippen molar-refractivity contribution in [2.75, 3.05) is 12.8 Å². The summed E-state index contributed by atoms with van der Waals surface area (Å²) in [6, 6.07) is 5.02. The second kappa shape index (κ2) is 3.76. The van der Waals surface area contributed by atoms with Gasteiger partial charge in [0.05, 0.1) is 22.7 Å². The number of nitrogen functional groups attached to an aromatic ring is 1. The van der Waals surface area contributed by atoms with E-state index < -0.39 is 0 Å². The van der Waals surface area contributed by atoms with Crippen molar-refractivity contribution in [3.05, 3.63) is 28.2 Å². The second-order valence-electron chi connectivity index (χ2n) is 3.03. The first kappa shape index (κ1) is 10.3. The van der Waals surface area contributed by atoms with Crippen LogP contribution in [0.1, 0.15) is 0 Å². The lowest BCUT2D eigenvalue weighted by atomic mass is 10.2. The van der Waals surface area contributed by atoms with E-state index in [4.69, 9.17) is 33.7 Å². The standard InChI is InChI=1S/C10H8Cl2N2O/c1-15-9-4-10(13)14-8-3-7(12)6(11)2-5(8)9/h2-4H,1H3,(H2,13,14). The van der Waals surface area contributed by atoms with Gasteiger partial charge in [-0.2, -0.15) is 0 Å². The Balaban J connectivity index is 2.84. The molecule has 0 fully saturated rings. The predicted molar refractivity (Wildman–Crippen MR) is 62.7 cm³/mol. The van der Waals surface area contributed by atoms with Gasteiger partial charge >= 0.3 is 0 Å². The molecule has 0 saturated heterocycles. The Morgan fingerprint density at radius 2 is 1.87 bits per heavy atom. The number of halogens is 2.